The standard InChI is InChI=1S/C10H9N3S/c1-2-7-8(3-4-12-9(7)11)10-13-5-6-14-10/h2-6H,1H2,(H2,11,12). The minimum absolute atomic E-state index is 0.493. The van der Waals surface area contributed by atoms with Crippen LogP contribution >= 0.6 is 11.3 Å². The van der Waals surface area contributed by atoms with Gasteiger partial charge in [-0.15, -0.1) is 11.3 Å². The summed E-state index contributed by atoms with van der Waals surface area (Å²) < 4.78 is 0. The Morgan fingerprint density at radius 2 is 2.21 bits per heavy atom. The summed E-state index contributed by atoms with van der Waals surface area (Å²) in [5, 5.41) is 2.87. The zero-order valence-corrected chi connectivity index (χ0v) is 8.29. The van der Waals surface area contributed by atoms with E-state index < -0.39 is 0 Å². The fraction of sp³-hybridized carbons (Fsp3) is 0. The van der Waals surface area contributed by atoms with Gasteiger partial charge in [0.15, 0.2) is 0 Å². The minimum Gasteiger partial charge on any atom is -0.383 e. The van der Waals surface area contributed by atoms with Gasteiger partial charge >= 0.3 is 0 Å². The molecule has 2 heterocycles. The lowest BCUT2D eigenvalue weighted by atomic mass is 10.1. The van der Waals surface area contributed by atoms with E-state index in [0.717, 1.165) is 16.1 Å². The van der Waals surface area contributed by atoms with Crippen LogP contribution in [0.1, 0.15) is 5.56 Å². The summed E-state index contributed by atoms with van der Waals surface area (Å²) in [5.74, 6) is 0.493. The third kappa shape index (κ3) is 1.40. The normalized spacial score (nSPS) is 10.0. The molecule has 0 spiro atoms. The van der Waals surface area contributed by atoms with E-state index in [0.29, 0.717) is 5.82 Å². The van der Waals surface area contributed by atoms with Crippen molar-refractivity contribution in [3.8, 4) is 10.6 Å². The van der Waals surface area contributed by atoms with E-state index in [9.17, 15) is 0 Å². The summed E-state index contributed by atoms with van der Waals surface area (Å²) in [6, 6.07) is 1.90. The lowest BCUT2D eigenvalue weighted by molar-refractivity contribution is 1.31. The molecule has 0 aliphatic heterocycles. The number of hydrogen-bond donors (Lipinski definition) is 1. The molecule has 2 N–H and O–H groups in total. The Hall–Kier alpha value is -1.68. The second-order valence-corrected chi connectivity index (χ2v) is 3.59. The number of pyridine rings is 1. The molecule has 0 bridgehead atoms. The highest BCUT2D eigenvalue weighted by Crippen LogP contribution is 2.28. The van der Waals surface area contributed by atoms with E-state index in [1.54, 1.807) is 29.8 Å². The number of rotatable bonds is 2. The van der Waals surface area contributed by atoms with Crippen molar-refractivity contribution >= 4 is 23.2 Å². The fourth-order valence-corrected chi connectivity index (χ4v) is 1.92. The highest BCUT2D eigenvalue weighted by atomic mass is 32.1. The Kier molecular flexibility index (Phi) is 2.28. The molecule has 0 aromatic carbocycles. The molecule has 2 aromatic heterocycles. The van der Waals surface area contributed by atoms with Crippen molar-refractivity contribution in [2.45, 2.75) is 0 Å². The lowest BCUT2D eigenvalue weighted by Crippen LogP contribution is -1.95. The van der Waals surface area contributed by atoms with Crippen molar-refractivity contribution in [1.29, 1.82) is 0 Å². The molecule has 0 aliphatic carbocycles. The molecule has 70 valence electrons. The summed E-state index contributed by atoms with van der Waals surface area (Å²) >= 11 is 1.57. The van der Waals surface area contributed by atoms with Crippen LogP contribution in [0.25, 0.3) is 16.6 Å². The van der Waals surface area contributed by atoms with Crippen LogP contribution in [0.2, 0.25) is 0 Å². The number of hydrogen-bond acceptors (Lipinski definition) is 4. The Morgan fingerprint density at radius 1 is 1.36 bits per heavy atom. The first-order valence-electron chi connectivity index (χ1n) is 4.09. The zero-order valence-electron chi connectivity index (χ0n) is 7.47. The van der Waals surface area contributed by atoms with Crippen LogP contribution in [0, 0.1) is 0 Å². The van der Waals surface area contributed by atoms with Crippen LogP contribution < -0.4 is 5.73 Å². The smallest absolute Gasteiger partial charge is 0.131 e. The number of anilines is 1. The van der Waals surface area contributed by atoms with Crippen LogP contribution in [0.3, 0.4) is 0 Å². The number of nitrogens with two attached hydrogens (primary N) is 1. The van der Waals surface area contributed by atoms with Crippen LogP contribution in [-0.4, -0.2) is 9.97 Å². The third-order valence-electron chi connectivity index (χ3n) is 1.89. The van der Waals surface area contributed by atoms with Crippen molar-refractivity contribution < 1.29 is 0 Å². The highest BCUT2D eigenvalue weighted by molar-refractivity contribution is 7.13. The monoisotopic (exact) mass is 203 g/mol. The Balaban J connectivity index is 2.64. The largest absolute Gasteiger partial charge is 0.383 e. The quantitative estimate of drug-likeness (QED) is 0.815. The molecule has 3 nitrogen and oxygen atoms in total. The molecule has 14 heavy (non-hydrogen) atoms. The van der Waals surface area contributed by atoms with Gasteiger partial charge in [-0.25, -0.2) is 9.97 Å². The average molecular weight is 203 g/mol. The molecule has 0 unspecified atom stereocenters. The first-order chi connectivity index (χ1) is 6.83. The van der Waals surface area contributed by atoms with Gasteiger partial charge < -0.3 is 5.73 Å². The Labute approximate surface area is 85.9 Å². The maximum Gasteiger partial charge on any atom is 0.131 e. The van der Waals surface area contributed by atoms with Gasteiger partial charge in [0.25, 0.3) is 0 Å². The number of thiazole rings is 1. The van der Waals surface area contributed by atoms with Gasteiger partial charge in [0.1, 0.15) is 10.8 Å². The first kappa shape index (κ1) is 8.90. The van der Waals surface area contributed by atoms with Gasteiger partial charge in [-0.1, -0.05) is 12.7 Å². The predicted octanol–water partition coefficient (Wildman–Crippen LogP) is 2.43. The molecule has 0 saturated heterocycles. The third-order valence-corrected chi connectivity index (χ3v) is 2.69. The van der Waals surface area contributed by atoms with Crippen molar-refractivity contribution in [2.75, 3.05) is 5.73 Å². The number of aromatic nitrogens is 2. The molecule has 0 aliphatic rings. The van der Waals surface area contributed by atoms with Gasteiger partial charge in [0.05, 0.1) is 0 Å². The molecule has 0 amide bonds. The molecular formula is C10H9N3S. The molecule has 0 saturated carbocycles. The van der Waals surface area contributed by atoms with E-state index in [1.165, 1.54) is 0 Å². The number of nitrogens with zero attached hydrogens (tertiary/aromatic N) is 2. The van der Waals surface area contributed by atoms with Crippen LogP contribution in [0.5, 0.6) is 0 Å². The molecule has 2 rings (SSSR count). The predicted molar refractivity (Wildman–Crippen MR) is 59.8 cm³/mol. The average Bonchev–Trinajstić information content (AvgIpc) is 2.70. The van der Waals surface area contributed by atoms with Crippen molar-refractivity contribution in [1.82, 2.24) is 9.97 Å². The molecule has 0 fully saturated rings. The topological polar surface area (TPSA) is 51.8 Å². The van der Waals surface area contributed by atoms with Gasteiger partial charge in [-0.2, -0.15) is 0 Å². The van der Waals surface area contributed by atoms with E-state index in [4.69, 9.17) is 5.73 Å². The van der Waals surface area contributed by atoms with Gasteiger partial charge in [-0.3, -0.25) is 0 Å². The zero-order chi connectivity index (χ0) is 9.97. The van der Waals surface area contributed by atoms with Crippen LogP contribution in [-0.2, 0) is 0 Å². The second-order valence-electron chi connectivity index (χ2n) is 2.70. The van der Waals surface area contributed by atoms with E-state index in [2.05, 4.69) is 16.5 Å². The highest BCUT2D eigenvalue weighted by Gasteiger charge is 2.07. The summed E-state index contributed by atoms with van der Waals surface area (Å²) in [5.41, 5.74) is 7.57. The fourth-order valence-electron chi connectivity index (χ4n) is 1.25. The van der Waals surface area contributed by atoms with Crippen LogP contribution in [0.4, 0.5) is 5.82 Å². The first-order valence-corrected chi connectivity index (χ1v) is 4.97. The maximum atomic E-state index is 5.73. The Bertz CT molecular complexity index is 448. The molecule has 4 heteroatoms. The summed E-state index contributed by atoms with van der Waals surface area (Å²) in [7, 11) is 0. The molecule has 0 radical (unpaired) electrons. The molecule has 0 atom stereocenters. The maximum absolute atomic E-state index is 5.73. The van der Waals surface area contributed by atoms with E-state index >= 15 is 0 Å². The van der Waals surface area contributed by atoms with Crippen molar-refractivity contribution in [3.05, 3.63) is 36.0 Å². The van der Waals surface area contributed by atoms with Gasteiger partial charge in [-0.05, 0) is 6.07 Å². The van der Waals surface area contributed by atoms with Gasteiger partial charge in [0.2, 0.25) is 0 Å². The number of nitrogen functional groups attached to an aromatic ring is 1. The summed E-state index contributed by atoms with van der Waals surface area (Å²) in [6.45, 7) is 3.72. The van der Waals surface area contributed by atoms with E-state index in [-0.39, 0.29) is 0 Å². The SMILES string of the molecule is C=Cc1c(-c2nccs2)ccnc1N. The molecular weight excluding hydrogens is 194 g/mol. The Morgan fingerprint density at radius 3 is 2.86 bits per heavy atom. The second kappa shape index (κ2) is 3.59. The van der Waals surface area contributed by atoms with Gasteiger partial charge in [0, 0.05) is 28.9 Å². The molecule has 2 aromatic rings. The van der Waals surface area contributed by atoms with Crippen molar-refractivity contribution in [3.63, 3.8) is 0 Å². The van der Waals surface area contributed by atoms with E-state index in [1.807, 2.05) is 11.4 Å². The van der Waals surface area contributed by atoms with Crippen molar-refractivity contribution in [2.24, 2.45) is 0 Å². The van der Waals surface area contributed by atoms with Crippen LogP contribution in [0.15, 0.2) is 30.4 Å². The summed E-state index contributed by atoms with van der Waals surface area (Å²) in [6.07, 6.45) is 5.15. The summed E-state index contributed by atoms with van der Waals surface area (Å²) in [4.78, 5) is 8.23. The minimum atomic E-state index is 0.493. The lowest BCUT2D eigenvalue weighted by Gasteiger charge is -2.04.